The number of hydrogen-bond donors (Lipinski definition) is 3. The fourth-order valence-electron chi connectivity index (χ4n) is 1.28. The summed E-state index contributed by atoms with van der Waals surface area (Å²) in [5.41, 5.74) is 1.61. The molecule has 2 N–H and O–H groups in total. The van der Waals surface area contributed by atoms with Gasteiger partial charge in [-0.2, -0.15) is 12.6 Å². The summed E-state index contributed by atoms with van der Waals surface area (Å²) in [5.74, 6) is 1.13. The van der Waals surface area contributed by atoms with Gasteiger partial charge in [-0.05, 0) is 18.2 Å². The van der Waals surface area contributed by atoms with Crippen LogP contribution in [0.3, 0.4) is 0 Å². The van der Waals surface area contributed by atoms with Crippen molar-refractivity contribution in [2.75, 3.05) is 23.1 Å². The van der Waals surface area contributed by atoms with Gasteiger partial charge in [-0.25, -0.2) is 0 Å². The van der Waals surface area contributed by atoms with Gasteiger partial charge in [0, 0.05) is 5.69 Å². The zero-order valence-electron chi connectivity index (χ0n) is 7.41. The first-order valence-corrected chi connectivity index (χ1v) is 4.84. The van der Waals surface area contributed by atoms with Gasteiger partial charge < -0.3 is 15.4 Å². The maximum Gasteiger partial charge on any atom is 0.262 e. The van der Waals surface area contributed by atoms with Gasteiger partial charge in [0.1, 0.15) is 5.75 Å². The predicted molar refractivity (Wildman–Crippen MR) is 58.0 cm³/mol. The van der Waals surface area contributed by atoms with E-state index in [0.29, 0.717) is 17.3 Å². The molecule has 0 aromatic heterocycles. The molecule has 0 aliphatic carbocycles. The van der Waals surface area contributed by atoms with Crippen LogP contribution in [0, 0.1) is 0 Å². The SMILES string of the molecule is O=C1COc2ccc(NCS)cc2N1. The van der Waals surface area contributed by atoms with Gasteiger partial charge in [-0.15, -0.1) is 0 Å². The fraction of sp³-hybridized carbons (Fsp3) is 0.222. The van der Waals surface area contributed by atoms with Gasteiger partial charge in [-0.3, -0.25) is 4.79 Å². The minimum Gasteiger partial charge on any atom is -0.482 e. The van der Waals surface area contributed by atoms with Gasteiger partial charge in [-0.1, -0.05) is 0 Å². The molecule has 0 fully saturated rings. The standard InChI is InChI=1S/C9H10N2O2S/c12-9-4-13-8-2-1-6(10-5-14)3-7(8)11-9/h1-3,10,14H,4-5H2,(H,11,12). The Hall–Kier alpha value is -1.36. The lowest BCUT2D eigenvalue weighted by atomic mass is 10.2. The Labute approximate surface area is 87.1 Å². The van der Waals surface area contributed by atoms with Crippen molar-refractivity contribution in [3.8, 4) is 5.75 Å². The van der Waals surface area contributed by atoms with E-state index in [1.54, 1.807) is 0 Å². The molecule has 0 unspecified atom stereocenters. The Kier molecular flexibility index (Phi) is 2.49. The van der Waals surface area contributed by atoms with Crippen LogP contribution in [0.25, 0.3) is 0 Å². The number of thiol groups is 1. The van der Waals surface area contributed by atoms with Crippen LogP contribution >= 0.6 is 12.6 Å². The lowest BCUT2D eigenvalue weighted by Crippen LogP contribution is -2.25. The molecule has 4 nitrogen and oxygen atoms in total. The summed E-state index contributed by atoms with van der Waals surface area (Å²) >= 11 is 4.05. The summed E-state index contributed by atoms with van der Waals surface area (Å²) in [5, 5.41) is 5.76. The highest BCUT2D eigenvalue weighted by molar-refractivity contribution is 7.80. The molecule has 1 aromatic rings. The lowest BCUT2D eigenvalue weighted by molar-refractivity contribution is -0.118. The number of benzene rings is 1. The Bertz CT molecular complexity index is 368. The first-order chi connectivity index (χ1) is 6.79. The number of carbonyl (C=O) groups excluding carboxylic acids is 1. The molecule has 0 spiro atoms. The third-order valence-electron chi connectivity index (χ3n) is 1.90. The molecular weight excluding hydrogens is 200 g/mol. The Balaban J connectivity index is 2.28. The first kappa shape index (κ1) is 9.21. The van der Waals surface area contributed by atoms with E-state index in [2.05, 4.69) is 23.3 Å². The average Bonchev–Trinajstić information content (AvgIpc) is 2.17. The Morgan fingerprint density at radius 2 is 2.43 bits per heavy atom. The van der Waals surface area contributed by atoms with E-state index >= 15 is 0 Å². The molecule has 0 saturated heterocycles. The monoisotopic (exact) mass is 210 g/mol. The van der Waals surface area contributed by atoms with Crippen LogP contribution < -0.4 is 15.4 Å². The van der Waals surface area contributed by atoms with Gasteiger partial charge in [0.2, 0.25) is 0 Å². The van der Waals surface area contributed by atoms with Crippen LogP contribution in [0.15, 0.2) is 18.2 Å². The second kappa shape index (κ2) is 3.79. The summed E-state index contributed by atoms with van der Waals surface area (Å²) in [6.45, 7) is 0.0896. The minimum atomic E-state index is -0.125. The highest BCUT2D eigenvalue weighted by Crippen LogP contribution is 2.30. The Morgan fingerprint density at radius 1 is 1.57 bits per heavy atom. The molecule has 1 aliphatic rings. The number of hydrogen-bond acceptors (Lipinski definition) is 4. The van der Waals surface area contributed by atoms with Crippen molar-refractivity contribution in [3.63, 3.8) is 0 Å². The van der Waals surface area contributed by atoms with Gasteiger partial charge in [0.15, 0.2) is 6.61 Å². The van der Waals surface area contributed by atoms with E-state index in [9.17, 15) is 4.79 Å². The quantitative estimate of drug-likeness (QED) is 0.509. The van der Waals surface area contributed by atoms with Crippen molar-refractivity contribution in [2.45, 2.75) is 0 Å². The molecule has 0 radical (unpaired) electrons. The zero-order chi connectivity index (χ0) is 9.97. The van der Waals surface area contributed by atoms with E-state index < -0.39 is 0 Å². The van der Waals surface area contributed by atoms with Crippen molar-refractivity contribution in [2.24, 2.45) is 0 Å². The van der Waals surface area contributed by atoms with Crippen LogP contribution in [0.1, 0.15) is 0 Å². The predicted octanol–water partition coefficient (Wildman–Crippen LogP) is 1.32. The second-order valence-electron chi connectivity index (χ2n) is 2.88. The van der Waals surface area contributed by atoms with Gasteiger partial charge in [0.25, 0.3) is 5.91 Å². The lowest BCUT2D eigenvalue weighted by Gasteiger charge is -2.18. The molecule has 1 aliphatic heterocycles. The summed E-state index contributed by atoms with van der Waals surface area (Å²) in [7, 11) is 0. The number of fused-ring (bicyclic) bond motifs is 1. The van der Waals surface area contributed by atoms with E-state index in [4.69, 9.17) is 4.74 Å². The van der Waals surface area contributed by atoms with Crippen LogP contribution in [0.2, 0.25) is 0 Å². The highest BCUT2D eigenvalue weighted by Gasteiger charge is 2.15. The normalized spacial score (nSPS) is 13.9. The highest BCUT2D eigenvalue weighted by atomic mass is 32.1. The number of carbonyl (C=O) groups is 1. The summed E-state index contributed by atoms with van der Waals surface area (Å²) in [6.07, 6.45) is 0. The largest absolute Gasteiger partial charge is 0.482 e. The summed E-state index contributed by atoms with van der Waals surface area (Å²) < 4.78 is 5.21. The second-order valence-corrected chi connectivity index (χ2v) is 3.20. The number of ether oxygens (including phenoxy) is 1. The van der Waals surface area contributed by atoms with Crippen LogP contribution in [0.4, 0.5) is 11.4 Å². The molecule has 1 heterocycles. The third kappa shape index (κ3) is 1.77. The molecule has 0 bridgehead atoms. The molecule has 1 amide bonds. The number of anilines is 2. The number of rotatable bonds is 2. The molecule has 2 rings (SSSR count). The minimum absolute atomic E-state index is 0.0896. The molecule has 0 atom stereocenters. The maximum atomic E-state index is 11.0. The number of amides is 1. The zero-order valence-corrected chi connectivity index (χ0v) is 8.30. The Morgan fingerprint density at radius 3 is 3.21 bits per heavy atom. The van der Waals surface area contributed by atoms with E-state index in [1.165, 1.54) is 0 Å². The average molecular weight is 210 g/mol. The van der Waals surface area contributed by atoms with Crippen LogP contribution in [-0.2, 0) is 4.79 Å². The first-order valence-electron chi connectivity index (χ1n) is 4.21. The fourth-order valence-corrected chi connectivity index (χ4v) is 1.47. The van der Waals surface area contributed by atoms with Crippen LogP contribution in [0.5, 0.6) is 5.75 Å². The summed E-state index contributed by atoms with van der Waals surface area (Å²) in [6, 6.07) is 5.52. The van der Waals surface area contributed by atoms with Crippen molar-refractivity contribution in [3.05, 3.63) is 18.2 Å². The third-order valence-corrected chi connectivity index (χ3v) is 2.05. The maximum absolute atomic E-state index is 11.0. The number of nitrogens with one attached hydrogen (secondary N) is 2. The van der Waals surface area contributed by atoms with Gasteiger partial charge >= 0.3 is 0 Å². The molecular formula is C9H10N2O2S. The molecule has 5 heteroatoms. The molecule has 14 heavy (non-hydrogen) atoms. The smallest absolute Gasteiger partial charge is 0.262 e. The molecule has 0 saturated carbocycles. The van der Waals surface area contributed by atoms with E-state index in [-0.39, 0.29) is 12.5 Å². The van der Waals surface area contributed by atoms with E-state index in [1.807, 2.05) is 18.2 Å². The molecule has 1 aromatic carbocycles. The molecule has 74 valence electrons. The topological polar surface area (TPSA) is 50.4 Å². The summed E-state index contributed by atoms with van der Waals surface area (Å²) in [4.78, 5) is 11.0. The van der Waals surface area contributed by atoms with E-state index in [0.717, 1.165) is 5.69 Å². The van der Waals surface area contributed by atoms with Crippen molar-refractivity contribution < 1.29 is 9.53 Å². The van der Waals surface area contributed by atoms with Crippen molar-refractivity contribution in [1.82, 2.24) is 0 Å². The van der Waals surface area contributed by atoms with Crippen molar-refractivity contribution in [1.29, 1.82) is 0 Å². The van der Waals surface area contributed by atoms with Crippen molar-refractivity contribution >= 4 is 29.9 Å². The van der Waals surface area contributed by atoms with Crippen LogP contribution in [-0.4, -0.2) is 18.4 Å². The van der Waals surface area contributed by atoms with Gasteiger partial charge in [0.05, 0.1) is 11.6 Å².